The van der Waals surface area contributed by atoms with Gasteiger partial charge in [0.15, 0.2) is 0 Å². The monoisotopic (exact) mass is 416 g/mol. The first-order valence-electron chi connectivity index (χ1n) is 9.81. The van der Waals surface area contributed by atoms with E-state index in [1.54, 1.807) is 36.4 Å². The maximum absolute atomic E-state index is 14.6. The van der Waals surface area contributed by atoms with Crippen LogP contribution in [-0.4, -0.2) is 28.2 Å². The van der Waals surface area contributed by atoms with Gasteiger partial charge in [-0.1, -0.05) is 48.5 Å². The largest absolute Gasteiger partial charge is 0.487 e. The SMILES string of the molecule is CN(O)C(=O)Cc1ccc(-c2ccc(OCc3ccc4ccccc4n3)cc2)c(F)c1. The lowest BCUT2D eigenvalue weighted by Gasteiger charge is -2.10. The predicted octanol–water partition coefficient (Wildman–Crippen LogP) is 5.01. The van der Waals surface area contributed by atoms with Gasteiger partial charge in [0.05, 0.1) is 17.6 Å². The van der Waals surface area contributed by atoms with Gasteiger partial charge in [-0.15, -0.1) is 0 Å². The number of aromatic nitrogens is 1. The molecule has 1 amide bonds. The number of likely N-dealkylation sites (N-methyl/N-ethyl adjacent to an activating group) is 1. The molecule has 0 aliphatic carbocycles. The minimum Gasteiger partial charge on any atom is -0.487 e. The van der Waals surface area contributed by atoms with Crippen LogP contribution >= 0.6 is 0 Å². The Bertz CT molecular complexity index is 1220. The second-order valence-electron chi connectivity index (χ2n) is 7.22. The summed E-state index contributed by atoms with van der Waals surface area (Å²) in [5.41, 5.74) is 3.37. The van der Waals surface area contributed by atoms with Crippen molar-refractivity contribution in [2.24, 2.45) is 0 Å². The van der Waals surface area contributed by atoms with Crippen molar-refractivity contribution in [3.8, 4) is 16.9 Å². The Labute approximate surface area is 179 Å². The second-order valence-corrected chi connectivity index (χ2v) is 7.22. The highest BCUT2D eigenvalue weighted by atomic mass is 19.1. The number of hydrogen-bond donors (Lipinski definition) is 1. The highest BCUT2D eigenvalue weighted by molar-refractivity contribution is 5.78. The molecule has 0 spiro atoms. The number of halogens is 1. The van der Waals surface area contributed by atoms with Crippen LogP contribution in [0.2, 0.25) is 0 Å². The van der Waals surface area contributed by atoms with Gasteiger partial charge in [-0.3, -0.25) is 10.0 Å². The molecule has 0 fully saturated rings. The van der Waals surface area contributed by atoms with Crippen molar-refractivity contribution in [2.75, 3.05) is 7.05 Å². The van der Waals surface area contributed by atoms with Crippen LogP contribution in [0.4, 0.5) is 4.39 Å². The summed E-state index contributed by atoms with van der Waals surface area (Å²) in [6, 6.07) is 23.6. The lowest BCUT2D eigenvalue weighted by atomic mass is 10.0. The number of pyridine rings is 1. The number of hydrogen-bond acceptors (Lipinski definition) is 4. The highest BCUT2D eigenvalue weighted by Gasteiger charge is 2.11. The zero-order valence-corrected chi connectivity index (χ0v) is 17.0. The minimum atomic E-state index is -0.505. The van der Waals surface area contributed by atoms with E-state index in [1.807, 2.05) is 36.4 Å². The van der Waals surface area contributed by atoms with Crippen LogP contribution in [0.25, 0.3) is 22.0 Å². The Kier molecular flexibility index (Phi) is 5.91. The number of hydroxylamine groups is 2. The number of carbonyl (C=O) groups is 1. The molecule has 5 nitrogen and oxygen atoms in total. The molecule has 0 saturated carbocycles. The molecule has 0 bridgehead atoms. The van der Waals surface area contributed by atoms with E-state index in [2.05, 4.69) is 4.98 Å². The molecule has 1 N–H and O–H groups in total. The second kappa shape index (κ2) is 8.93. The number of para-hydroxylation sites is 1. The van der Waals surface area contributed by atoms with Crippen molar-refractivity contribution < 1.29 is 19.1 Å². The summed E-state index contributed by atoms with van der Waals surface area (Å²) >= 11 is 0. The van der Waals surface area contributed by atoms with Crippen LogP contribution in [0, 0.1) is 5.82 Å². The average molecular weight is 416 g/mol. The van der Waals surface area contributed by atoms with Gasteiger partial charge in [-0.2, -0.15) is 0 Å². The first-order valence-corrected chi connectivity index (χ1v) is 9.81. The first-order chi connectivity index (χ1) is 15.0. The molecule has 0 aliphatic rings. The van der Waals surface area contributed by atoms with Gasteiger partial charge >= 0.3 is 0 Å². The van der Waals surface area contributed by atoms with E-state index >= 15 is 0 Å². The normalized spacial score (nSPS) is 10.8. The Morgan fingerprint density at radius 1 is 1.03 bits per heavy atom. The summed E-state index contributed by atoms with van der Waals surface area (Å²) in [5.74, 6) is -0.276. The van der Waals surface area contributed by atoms with Gasteiger partial charge < -0.3 is 4.74 Å². The maximum atomic E-state index is 14.6. The maximum Gasteiger partial charge on any atom is 0.250 e. The molecular formula is C25H21FN2O3. The van der Waals surface area contributed by atoms with Gasteiger partial charge in [0.1, 0.15) is 18.2 Å². The fourth-order valence-electron chi connectivity index (χ4n) is 3.27. The first kappa shape index (κ1) is 20.5. The zero-order chi connectivity index (χ0) is 21.8. The van der Waals surface area contributed by atoms with Crippen LogP contribution in [0.15, 0.2) is 78.9 Å². The molecule has 0 aliphatic heterocycles. The third-order valence-electron chi connectivity index (χ3n) is 4.96. The zero-order valence-electron chi connectivity index (χ0n) is 17.0. The molecule has 1 heterocycles. The lowest BCUT2D eigenvalue weighted by molar-refractivity contribution is -0.158. The molecule has 0 radical (unpaired) electrons. The standard InChI is InChI=1S/C25H21FN2O3/c1-28(30)25(29)15-17-6-13-22(23(26)14-17)18-8-11-21(12-9-18)31-16-20-10-7-19-4-2-3-5-24(19)27-20/h2-14,30H,15-16H2,1H3. The molecule has 1 aromatic heterocycles. The smallest absolute Gasteiger partial charge is 0.250 e. The lowest BCUT2D eigenvalue weighted by Crippen LogP contribution is -2.24. The fourth-order valence-corrected chi connectivity index (χ4v) is 3.27. The van der Waals surface area contributed by atoms with E-state index in [1.165, 1.54) is 13.1 Å². The van der Waals surface area contributed by atoms with Crippen molar-refractivity contribution in [2.45, 2.75) is 13.0 Å². The number of benzene rings is 3. The van der Waals surface area contributed by atoms with Crippen molar-refractivity contribution in [1.29, 1.82) is 0 Å². The van der Waals surface area contributed by atoms with E-state index in [0.29, 0.717) is 34.1 Å². The van der Waals surface area contributed by atoms with E-state index in [4.69, 9.17) is 9.94 Å². The van der Waals surface area contributed by atoms with Gasteiger partial charge in [-0.25, -0.2) is 14.4 Å². The van der Waals surface area contributed by atoms with Crippen LogP contribution in [-0.2, 0) is 17.8 Å². The third kappa shape index (κ3) is 4.87. The topological polar surface area (TPSA) is 62.7 Å². The van der Waals surface area contributed by atoms with E-state index in [-0.39, 0.29) is 6.42 Å². The Morgan fingerprint density at radius 3 is 2.55 bits per heavy atom. The fraction of sp³-hybridized carbons (Fsp3) is 0.120. The number of carbonyl (C=O) groups excluding carboxylic acids is 1. The number of fused-ring (bicyclic) bond motifs is 1. The Hall–Kier alpha value is -3.77. The van der Waals surface area contributed by atoms with Crippen LogP contribution in [0.5, 0.6) is 5.75 Å². The number of rotatable bonds is 6. The third-order valence-corrected chi connectivity index (χ3v) is 4.96. The van der Waals surface area contributed by atoms with Crippen LogP contribution in [0.1, 0.15) is 11.3 Å². The summed E-state index contributed by atoms with van der Waals surface area (Å²) in [5, 5.41) is 10.7. The minimum absolute atomic E-state index is 0.0697. The molecule has 0 saturated heterocycles. The summed E-state index contributed by atoms with van der Waals surface area (Å²) in [7, 11) is 1.24. The summed E-state index contributed by atoms with van der Waals surface area (Å²) in [4.78, 5) is 16.2. The molecule has 4 aromatic rings. The van der Waals surface area contributed by atoms with E-state index < -0.39 is 11.7 Å². The summed E-state index contributed by atoms with van der Waals surface area (Å²) in [6.45, 7) is 0.334. The van der Waals surface area contributed by atoms with Crippen molar-refractivity contribution in [3.05, 3.63) is 95.9 Å². The molecule has 31 heavy (non-hydrogen) atoms. The van der Waals surface area contributed by atoms with Gasteiger partial charge in [0, 0.05) is 18.0 Å². The summed E-state index contributed by atoms with van der Waals surface area (Å²) < 4.78 is 20.4. The van der Waals surface area contributed by atoms with Crippen LogP contribution < -0.4 is 4.74 Å². The van der Waals surface area contributed by atoms with Crippen molar-refractivity contribution >= 4 is 16.8 Å². The van der Waals surface area contributed by atoms with Gasteiger partial charge in [0.25, 0.3) is 0 Å². The number of nitrogens with zero attached hydrogens (tertiary/aromatic N) is 2. The van der Waals surface area contributed by atoms with Gasteiger partial charge in [0.2, 0.25) is 5.91 Å². The predicted molar refractivity (Wildman–Crippen MR) is 116 cm³/mol. The molecule has 6 heteroatoms. The molecule has 3 aromatic carbocycles. The Morgan fingerprint density at radius 2 is 1.81 bits per heavy atom. The quantitative estimate of drug-likeness (QED) is 0.355. The number of amides is 1. The van der Waals surface area contributed by atoms with Crippen LogP contribution in [0.3, 0.4) is 0 Å². The average Bonchev–Trinajstić information content (AvgIpc) is 2.78. The van der Waals surface area contributed by atoms with Crippen molar-refractivity contribution in [3.63, 3.8) is 0 Å². The van der Waals surface area contributed by atoms with Crippen molar-refractivity contribution in [1.82, 2.24) is 10.0 Å². The molecule has 0 unspecified atom stereocenters. The van der Waals surface area contributed by atoms with Gasteiger partial charge in [-0.05, 0) is 41.5 Å². The molecule has 156 valence electrons. The van der Waals surface area contributed by atoms with E-state index in [9.17, 15) is 9.18 Å². The Balaban J connectivity index is 1.43. The van der Waals surface area contributed by atoms with E-state index in [0.717, 1.165) is 16.6 Å². The summed E-state index contributed by atoms with van der Waals surface area (Å²) in [6.07, 6.45) is -0.0697. The number of ether oxygens (including phenoxy) is 1. The molecular weight excluding hydrogens is 395 g/mol. The molecule has 0 atom stereocenters. The molecule has 4 rings (SSSR count). The highest BCUT2D eigenvalue weighted by Crippen LogP contribution is 2.26.